The fourth-order valence-corrected chi connectivity index (χ4v) is 3.37. The van der Waals surface area contributed by atoms with Gasteiger partial charge in [-0.05, 0) is 36.4 Å². The van der Waals surface area contributed by atoms with E-state index in [0.29, 0.717) is 22.8 Å². The summed E-state index contributed by atoms with van der Waals surface area (Å²) in [7, 11) is 0. The first-order valence-electron chi connectivity index (χ1n) is 7.99. The Labute approximate surface area is 168 Å². The van der Waals surface area contributed by atoms with Crippen LogP contribution in [0.25, 0.3) is 0 Å². The van der Waals surface area contributed by atoms with Crippen LogP contribution in [0.4, 0.5) is 17.1 Å². The molecule has 0 unspecified atom stereocenters. The number of ether oxygens (including phenoxy) is 1. The van der Waals surface area contributed by atoms with Crippen molar-refractivity contribution in [3.63, 3.8) is 0 Å². The highest BCUT2D eigenvalue weighted by molar-refractivity contribution is 9.10. The first-order chi connectivity index (χ1) is 13.0. The van der Waals surface area contributed by atoms with E-state index in [1.807, 2.05) is 12.1 Å². The van der Waals surface area contributed by atoms with Gasteiger partial charge in [0.25, 0.3) is 5.91 Å². The summed E-state index contributed by atoms with van der Waals surface area (Å²) in [6, 6.07) is 12.3. The van der Waals surface area contributed by atoms with E-state index in [0.717, 1.165) is 4.47 Å². The van der Waals surface area contributed by atoms with Crippen molar-refractivity contribution in [1.82, 2.24) is 0 Å². The third kappa shape index (κ3) is 5.73. The minimum absolute atomic E-state index is 0.0165. The second kappa shape index (κ2) is 8.92. The predicted octanol–water partition coefficient (Wildman–Crippen LogP) is 3.09. The highest BCUT2D eigenvalue weighted by Gasteiger charge is 2.16. The van der Waals surface area contributed by atoms with Crippen molar-refractivity contribution in [3.8, 4) is 5.75 Å². The van der Waals surface area contributed by atoms with Gasteiger partial charge in [-0.1, -0.05) is 22.0 Å². The van der Waals surface area contributed by atoms with Crippen molar-refractivity contribution < 1.29 is 19.1 Å². The van der Waals surface area contributed by atoms with E-state index in [2.05, 4.69) is 31.9 Å². The molecule has 0 aromatic heterocycles. The third-order valence-corrected chi connectivity index (χ3v) is 4.90. The molecule has 3 rings (SSSR count). The molecule has 0 radical (unpaired) electrons. The standard InChI is InChI=1S/C18H16BrN3O4S/c19-11-2-1-3-12(6-11)20-17(24)9-27-10-18(25)21-13-4-5-15-14(7-13)22-16(23)8-26-15/h1-7H,8-10H2,(H,20,24)(H,21,25)(H,22,23). The molecule has 7 nitrogen and oxygen atoms in total. The number of amides is 3. The zero-order valence-corrected chi connectivity index (χ0v) is 16.5. The van der Waals surface area contributed by atoms with E-state index in [1.54, 1.807) is 30.3 Å². The van der Waals surface area contributed by atoms with Crippen LogP contribution < -0.4 is 20.7 Å². The van der Waals surface area contributed by atoms with E-state index in [4.69, 9.17) is 4.74 Å². The van der Waals surface area contributed by atoms with Crippen molar-refractivity contribution in [2.75, 3.05) is 34.1 Å². The number of halogens is 1. The van der Waals surface area contributed by atoms with Gasteiger partial charge in [-0.25, -0.2) is 0 Å². The van der Waals surface area contributed by atoms with Crippen LogP contribution in [-0.4, -0.2) is 35.8 Å². The molecule has 0 saturated carbocycles. The van der Waals surface area contributed by atoms with Gasteiger partial charge >= 0.3 is 0 Å². The van der Waals surface area contributed by atoms with Gasteiger partial charge in [-0.15, -0.1) is 11.8 Å². The number of thioether (sulfide) groups is 1. The minimum Gasteiger partial charge on any atom is -0.482 e. The molecule has 0 fully saturated rings. The quantitative estimate of drug-likeness (QED) is 0.629. The maximum absolute atomic E-state index is 12.0. The molecule has 2 aromatic rings. The Hall–Kier alpha value is -2.52. The van der Waals surface area contributed by atoms with Crippen LogP contribution >= 0.6 is 27.7 Å². The summed E-state index contributed by atoms with van der Waals surface area (Å²) < 4.78 is 6.14. The van der Waals surface area contributed by atoms with Gasteiger partial charge in [-0.2, -0.15) is 0 Å². The molecule has 0 atom stereocenters. The molecule has 2 aromatic carbocycles. The fourth-order valence-electron chi connectivity index (χ4n) is 2.36. The van der Waals surface area contributed by atoms with E-state index >= 15 is 0 Å². The molecule has 3 amide bonds. The average Bonchev–Trinajstić information content (AvgIpc) is 2.61. The largest absolute Gasteiger partial charge is 0.482 e. The Kier molecular flexibility index (Phi) is 6.36. The number of anilines is 3. The Balaban J connectivity index is 1.44. The topological polar surface area (TPSA) is 96.5 Å². The summed E-state index contributed by atoms with van der Waals surface area (Å²) in [6.07, 6.45) is 0. The third-order valence-electron chi connectivity index (χ3n) is 3.47. The van der Waals surface area contributed by atoms with Gasteiger partial charge in [-0.3, -0.25) is 14.4 Å². The Morgan fingerprint density at radius 2 is 1.78 bits per heavy atom. The molecule has 0 bridgehead atoms. The zero-order chi connectivity index (χ0) is 19.2. The summed E-state index contributed by atoms with van der Waals surface area (Å²) in [6.45, 7) is -0.0165. The van der Waals surface area contributed by atoms with Gasteiger partial charge in [0.1, 0.15) is 5.75 Å². The summed E-state index contributed by atoms with van der Waals surface area (Å²) in [5, 5.41) is 8.18. The monoisotopic (exact) mass is 449 g/mol. The summed E-state index contributed by atoms with van der Waals surface area (Å²) in [5.41, 5.74) is 1.76. The number of carbonyl (C=O) groups excluding carboxylic acids is 3. The molecule has 0 spiro atoms. The Morgan fingerprint density at radius 3 is 2.48 bits per heavy atom. The zero-order valence-electron chi connectivity index (χ0n) is 14.1. The van der Waals surface area contributed by atoms with Crippen LogP contribution in [0.1, 0.15) is 0 Å². The smallest absolute Gasteiger partial charge is 0.262 e. The van der Waals surface area contributed by atoms with Crippen LogP contribution in [0.3, 0.4) is 0 Å². The van der Waals surface area contributed by atoms with E-state index in [-0.39, 0.29) is 35.8 Å². The summed E-state index contributed by atoms with van der Waals surface area (Å²) in [5.74, 6) is 0.196. The number of benzene rings is 2. The SMILES string of the molecule is O=C(CSCC(=O)Nc1ccc2c(c1)NC(=O)CO2)Nc1cccc(Br)c1. The maximum atomic E-state index is 12.0. The Morgan fingerprint density at radius 1 is 1.07 bits per heavy atom. The highest BCUT2D eigenvalue weighted by atomic mass is 79.9. The van der Waals surface area contributed by atoms with Crippen LogP contribution in [0.15, 0.2) is 46.9 Å². The lowest BCUT2D eigenvalue weighted by molar-refractivity contribution is -0.118. The molecule has 1 heterocycles. The average molecular weight is 450 g/mol. The van der Waals surface area contributed by atoms with E-state index in [9.17, 15) is 14.4 Å². The lowest BCUT2D eigenvalue weighted by atomic mass is 10.2. The van der Waals surface area contributed by atoms with Gasteiger partial charge < -0.3 is 20.7 Å². The molecule has 140 valence electrons. The normalized spacial score (nSPS) is 12.4. The lowest BCUT2D eigenvalue weighted by Gasteiger charge is -2.18. The summed E-state index contributed by atoms with van der Waals surface area (Å²) in [4.78, 5) is 35.3. The van der Waals surface area contributed by atoms with Crippen LogP contribution in [-0.2, 0) is 14.4 Å². The number of fused-ring (bicyclic) bond motifs is 1. The first kappa shape index (κ1) is 19.2. The second-order valence-corrected chi connectivity index (χ2v) is 7.55. The first-order valence-corrected chi connectivity index (χ1v) is 9.94. The molecule has 1 aliphatic heterocycles. The number of rotatable bonds is 6. The van der Waals surface area contributed by atoms with Gasteiger partial charge in [0, 0.05) is 15.8 Å². The van der Waals surface area contributed by atoms with Gasteiger partial charge in [0.05, 0.1) is 17.2 Å². The number of carbonyl (C=O) groups is 3. The van der Waals surface area contributed by atoms with Crippen LogP contribution in [0.2, 0.25) is 0 Å². The van der Waals surface area contributed by atoms with Crippen molar-refractivity contribution in [2.24, 2.45) is 0 Å². The van der Waals surface area contributed by atoms with Gasteiger partial charge in [0.2, 0.25) is 11.8 Å². The Bertz CT molecular complexity index is 891. The lowest BCUT2D eigenvalue weighted by Crippen LogP contribution is -2.25. The number of hydrogen-bond acceptors (Lipinski definition) is 5. The maximum Gasteiger partial charge on any atom is 0.262 e. The molecule has 9 heteroatoms. The molecular formula is C18H16BrN3O4S. The molecule has 3 N–H and O–H groups in total. The fraction of sp³-hybridized carbons (Fsp3) is 0.167. The van der Waals surface area contributed by atoms with Crippen LogP contribution in [0, 0.1) is 0 Å². The van der Waals surface area contributed by atoms with Crippen LogP contribution in [0.5, 0.6) is 5.75 Å². The molecule has 27 heavy (non-hydrogen) atoms. The van der Waals surface area contributed by atoms with Crippen molar-refractivity contribution in [1.29, 1.82) is 0 Å². The molecule has 0 aliphatic carbocycles. The van der Waals surface area contributed by atoms with E-state index < -0.39 is 0 Å². The molecule has 0 saturated heterocycles. The van der Waals surface area contributed by atoms with Crippen molar-refractivity contribution in [2.45, 2.75) is 0 Å². The van der Waals surface area contributed by atoms with Gasteiger partial charge in [0.15, 0.2) is 6.61 Å². The van der Waals surface area contributed by atoms with E-state index in [1.165, 1.54) is 11.8 Å². The van der Waals surface area contributed by atoms with Crippen molar-refractivity contribution >= 4 is 62.5 Å². The summed E-state index contributed by atoms with van der Waals surface area (Å²) >= 11 is 4.55. The second-order valence-electron chi connectivity index (χ2n) is 5.65. The molecular weight excluding hydrogens is 434 g/mol. The number of nitrogens with one attached hydrogen (secondary N) is 3. The van der Waals surface area contributed by atoms with Crippen molar-refractivity contribution in [3.05, 3.63) is 46.9 Å². The number of hydrogen-bond donors (Lipinski definition) is 3. The highest BCUT2D eigenvalue weighted by Crippen LogP contribution is 2.30. The minimum atomic E-state index is -0.238. The predicted molar refractivity (Wildman–Crippen MR) is 109 cm³/mol. The molecule has 1 aliphatic rings.